The average molecular weight is 426 g/mol. The van der Waals surface area contributed by atoms with Gasteiger partial charge in [0.15, 0.2) is 0 Å². The van der Waals surface area contributed by atoms with Crippen LogP contribution in [0.5, 0.6) is 0 Å². The molecule has 3 aromatic rings. The zero-order valence-electron chi connectivity index (χ0n) is 16.5. The molecule has 2 atom stereocenters. The Morgan fingerprint density at radius 1 is 1.23 bits per heavy atom. The highest BCUT2D eigenvalue weighted by Gasteiger charge is 2.41. The number of hydrogen-bond donors (Lipinski definition) is 1. The number of alkyl halides is 2. The molecular weight excluding hydrogens is 406 g/mol. The predicted octanol–water partition coefficient (Wildman–Crippen LogP) is 3.24. The lowest BCUT2D eigenvalue weighted by molar-refractivity contribution is 0.116. The number of urea groups is 1. The zero-order valence-corrected chi connectivity index (χ0v) is 16.5. The van der Waals surface area contributed by atoms with E-state index in [1.165, 1.54) is 6.20 Å². The third-order valence-electron chi connectivity index (χ3n) is 5.62. The number of piperazine rings is 1. The molecule has 1 aromatic carbocycles. The fraction of sp³-hybridized carbons (Fsp3) is 0.333. The smallest absolute Gasteiger partial charge is 0.325 e. The van der Waals surface area contributed by atoms with E-state index in [0.717, 1.165) is 18.7 Å². The van der Waals surface area contributed by atoms with E-state index in [-0.39, 0.29) is 24.5 Å². The number of aromatic nitrogens is 3. The monoisotopic (exact) mass is 426 g/mol. The van der Waals surface area contributed by atoms with E-state index in [2.05, 4.69) is 20.5 Å². The number of fused-ring (bicyclic) bond motifs is 2. The molecule has 2 aliphatic rings. The minimum absolute atomic E-state index is 0.0223. The summed E-state index contributed by atoms with van der Waals surface area (Å²) in [6.45, 7) is 1.79. The number of likely N-dealkylation sites (tertiary alicyclic amines) is 1. The van der Waals surface area contributed by atoms with Crippen LogP contribution in [0.1, 0.15) is 24.4 Å². The predicted molar refractivity (Wildman–Crippen MR) is 107 cm³/mol. The van der Waals surface area contributed by atoms with Crippen molar-refractivity contribution in [3.05, 3.63) is 60.2 Å². The second-order valence-corrected chi connectivity index (χ2v) is 7.64. The molecule has 5 rings (SSSR count). The number of anilines is 1. The third-order valence-corrected chi connectivity index (χ3v) is 5.62. The molecular formula is C21H20F2N6O2. The van der Waals surface area contributed by atoms with Gasteiger partial charge in [-0.2, -0.15) is 8.78 Å². The van der Waals surface area contributed by atoms with Gasteiger partial charge in [0.05, 0.1) is 17.8 Å². The van der Waals surface area contributed by atoms with Gasteiger partial charge in [0.1, 0.15) is 0 Å². The molecule has 160 valence electrons. The highest BCUT2D eigenvalue weighted by atomic mass is 19.3. The Labute approximate surface area is 176 Å². The highest BCUT2D eigenvalue weighted by molar-refractivity contribution is 5.92. The van der Waals surface area contributed by atoms with Gasteiger partial charge in [-0.05, 0) is 30.7 Å². The Morgan fingerprint density at radius 2 is 2.06 bits per heavy atom. The molecule has 0 radical (unpaired) electrons. The van der Waals surface area contributed by atoms with Crippen LogP contribution in [0.2, 0.25) is 0 Å². The van der Waals surface area contributed by atoms with E-state index < -0.39 is 12.3 Å². The van der Waals surface area contributed by atoms with Crippen molar-refractivity contribution >= 4 is 11.7 Å². The van der Waals surface area contributed by atoms with Crippen LogP contribution in [0, 0.1) is 0 Å². The van der Waals surface area contributed by atoms with Crippen LogP contribution in [0.4, 0.5) is 19.3 Å². The van der Waals surface area contributed by atoms with Crippen LogP contribution in [-0.2, 0) is 6.54 Å². The molecule has 4 heterocycles. The quantitative estimate of drug-likeness (QED) is 0.674. The van der Waals surface area contributed by atoms with Gasteiger partial charge in [-0.1, -0.05) is 18.2 Å². The van der Waals surface area contributed by atoms with Gasteiger partial charge in [0.2, 0.25) is 5.89 Å². The first-order valence-electron chi connectivity index (χ1n) is 10.0. The van der Waals surface area contributed by atoms with Gasteiger partial charge < -0.3 is 14.6 Å². The van der Waals surface area contributed by atoms with Crippen LogP contribution < -0.4 is 10.2 Å². The SMILES string of the molecule is O=C(N(Cc1ccc(-c2nnc(C(F)F)o2)cn1)c1ccccc1)N1CC2CC1CN2. The van der Waals surface area contributed by atoms with Crippen molar-refractivity contribution in [2.24, 2.45) is 0 Å². The summed E-state index contributed by atoms with van der Waals surface area (Å²) in [4.78, 5) is 21.4. The van der Waals surface area contributed by atoms with Crippen LogP contribution in [-0.4, -0.2) is 51.3 Å². The molecule has 8 nitrogen and oxygen atoms in total. The first-order chi connectivity index (χ1) is 15.1. The molecule has 2 amide bonds. The maximum Gasteiger partial charge on any atom is 0.325 e. The summed E-state index contributed by atoms with van der Waals surface area (Å²) in [5.74, 6) is -0.750. The van der Waals surface area contributed by atoms with Crippen LogP contribution in [0.3, 0.4) is 0 Å². The van der Waals surface area contributed by atoms with Crippen molar-refractivity contribution in [1.82, 2.24) is 25.4 Å². The van der Waals surface area contributed by atoms with Crippen molar-refractivity contribution in [3.8, 4) is 11.5 Å². The Morgan fingerprint density at radius 3 is 2.68 bits per heavy atom. The molecule has 2 aliphatic heterocycles. The highest BCUT2D eigenvalue weighted by Crippen LogP contribution is 2.28. The number of benzene rings is 1. The summed E-state index contributed by atoms with van der Waals surface area (Å²) in [6.07, 6.45) is -0.366. The Balaban J connectivity index is 1.37. The van der Waals surface area contributed by atoms with Crippen molar-refractivity contribution in [2.75, 3.05) is 18.0 Å². The minimum atomic E-state index is -2.82. The summed E-state index contributed by atoms with van der Waals surface area (Å²) in [5.41, 5.74) is 1.87. The van der Waals surface area contributed by atoms with E-state index in [1.807, 2.05) is 35.2 Å². The molecule has 2 aromatic heterocycles. The number of carbonyl (C=O) groups excluding carboxylic acids is 1. The topological polar surface area (TPSA) is 87.4 Å². The van der Waals surface area contributed by atoms with Gasteiger partial charge in [-0.15, -0.1) is 10.2 Å². The Kier molecular flexibility index (Phi) is 5.06. The standard InChI is InChI=1S/C21H20F2N6O2/c22-18(23)20-27-26-19(31-20)13-6-7-14(24-9-13)11-28(16-4-2-1-3-5-16)21(30)29-12-15-8-17(29)10-25-15/h1-7,9,15,17-18,25H,8,10-12H2. The van der Waals surface area contributed by atoms with Gasteiger partial charge in [0, 0.05) is 37.1 Å². The van der Waals surface area contributed by atoms with Gasteiger partial charge >= 0.3 is 12.5 Å². The summed E-state index contributed by atoms with van der Waals surface area (Å²) < 4.78 is 30.3. The summed E-state index contributed by atoms with van der Waals surface area (Å²) >= 11 is 0. The fourth-order valence-corrected chi connectivity index (χ4v) is 4.07. The average Bonchev–Trinajstić information content (AvgIpc) is 3.55. The number of nitrogens with one attached hydrogen (secondary N) is 1. The lowest BCUT2D eigenvalue weighted by atomic mass is 10.2. The van der Waals surface area contributed by atoms with E-state index in [4.69, 9.17) is 4.42 Å². The van der Waals surface area contributed by atoms with Crippen molar-refractivity contribution in [1.29, 1.82) is 0 Å². The number of halogens is 2. The number of nitrogens with zero attached hydrogens (tertiary/aromatic N) is 5. The maximum absolute atomic E-state index is 13.4. The van der Waals surface area contributed by atoms with E-state index in [0.29, 0.717) is 23.8 Å². The summed E-state index contributed by atoms with van der Waals surface area (Å²) in [6, 6.07) is 13.4. The number of para-hydroxylation sites is 1. The van der Waals surface area contributed by atoms with E-state index in [9.17, 15) is 13.6 Å². The van der Waals surface area contributed by atoms with Crippen LogP contribution in [0.15, 0.2) is 53.1 Å². The van der Waals surface area contributed by atoms with Crippen LogP contribution in [0.25, 0.3) is 11.5 Å². The number of hydrogen-bond acceptors (Lipinski definition) is 6. The van der Waals surface area contributed by atoms with Crippen molar-refractivity contribution in [3.63, 3.8) is 0 Å². The molecule has 31 heavy (non-hydrogen) atoms. The van der Waals surface area contributed by atoms with Gasteiger partial charge in [-0.3, -0.25) is 9.88 Å². The van der Waals surface area contributed by atoms with Crippen LogP contribution >= 0.6 is 0 Å². The second-order valence-electron chi connectivity index (χ2n) is 7.64. The third kappa shape index (κ3) is 3.86. The molecule has 0 spiro atoms. The molecule has 10 heteroatoms. The number of rotatable bonds is 5. The Bertz CT molecular complexity index is 1060. The zero-order chi connectivity index (χ0) is 21.4. The number of amides is 2. The first kappa shape index (κ1) is 19.6. The largest absolute Gasteiger partial charge is 0.415 e. The normalized spacial score (nSPS) is 19.9. The van der Waals surface area contributed by atoms with E-state index in [1.54, 1.807) is 17.0 Å². The second kappa shape index (κ2) is 8.03. The molecule has 1 N–H and O–H groups in total. The molecule has 2 bridgehead atoms. The molecule has 0 saturated carbocycles. The number of carbonyl (C=O) groups is 1. The minimum Gasteiger partial charge on any atom is -0.415 e. The summed E-state index contributed by atoms with van der Waals surface area (Å²) in [7, 11) is 0. The summed E-state index contributed by atoms with van der Waals surface area (Å²) in [5, 5.41) is 10.4. The Hall–Kier alpha value is -3.40. The number of pyridine rings is 1. The lowest BCUT2D eigenvalue weighted by Crippen LogP contribution is -2.51. The maximum atomic E-state index is 13.4. The molecule has 0 aliphatic carbocycles. The lowest BCUT2D eigenvalue weighted by Gasteiger charge is -2.33. The van der Waals surface area contributed by atoms with E-state index >= 15 is 0 Å². The first-order valence-corrected chi connectivity index (χ1v) is 10.0. The van der Waals surface area contributed by atoms with Gasteiger partial charge in [0.25, 0.3) is 5.89 Å². The molecule has 2 fully saturated rings. The molecule has 2 saturated heterocycles. The van der Waals surface area contributed by atoms with Gasteiger partial charge in [-0.25, -0.2) is 4.79 Å². The van der Waals surface area contributed by atoms with Crippen molar-refractivity contribution in [2.45, 2.75) is 31.5 Å². The molecule has 2 unspecified atom stereocenters. The van der Waals surface area contributed by atoms with Crippen molar-refractivity contribution < 1.29 is 18.0 Å². The fourth-order valence-electron chi connectivity index (χ4n) is 4.07.